The van der Waals surface area contributed by atoms with E-state index in [1.54, 1.807) is 0 Å². The molecule has 1 atom stereocenters. The highest BCUT2D eigenvalue weighted by Crippen LogP contribution is 2.23. The van der Waals surface area contributed by atoms with E-state index in [2.05, 4.69) is 41.9 Å². The van der Waals surface area contributed by atoms with Gasteiger partial charge in [0.05, 0.1) is 23.7 Å². The first kappa shape index (κ1) is 22.6. The third-order valence-electron chi connectivity index (χ3n) is 5.85. The molecule has 1 unspecified atom stereocenters. The molecular weight excluding hydrogens is 410 g/mol. The van der Waals surface area contributed by atoms with Gasteiger partial charge >= 0.3 is 0 Å². The van der Waals surface area contributed by atoms with Crippen LogP contribution >= 0.6 is 0 Å². The standard InChI is InChI=1S/C28H31N3O2/c1-19-10-13-23(14-11-19)28(32)29-22(4)27-30-24-8-5-6-9-25(24)31(27)16-7-17-33-26-15-12-20(2)18-21(26)3/h5-6,8-15,18,22H,7,16-17H2,1-4H3,(H,29,32). The summed E-state index contributed by atoms with van der Waals surface area (Å²) >= 11 is 0. The number of para-hydroxylation sites is 2. The minimum absolute atomic E-state index is 0.0979. The average Bonchev–Trinajstić information content (AvgIpc) is 3.17. The van der Waals surface area contributed by atoms with E-state index in [4.69, 9.17) is 9.72 Å². The molecule has 1 amide bonds. The smallest absolute Gasteiger partial charge is 0.251 e. The molecule has 1 aromatic heterocycles. The number of benzene rings is 3. The largest absolute Gasteiger partial charge is 0.493 e. The van der Waals surface area contributed by atoms with E-state index >= 15 is 0 Å². The number of ether oxygens (including phenoxy) is 1. The van der Waals surface area contributed by atoms with Gasteiger partial charge in [-0.05, 0) is 70.0 Å². The molecule has 0 aliphatic rings. The molecule has 170 valence electrons. The number of hydrogen-bond acceptors (Lipinski definition) is 3. The van der Waals surface area contributed by atoms with Gasteiger partial charge in [-0.3, -0.25) is 4.79 Å². The van der Waals surface area contributed by atoms with Gasteiger partial charge in [-0.25, -0.2) is 4.98 Å². The van der Waals surface area contributed by atoms with Crippen LogP contribution in [-0.4, -0.2) is 22.1 Å². The number of imidazole rings is 1. The Morgan fingerprint density at radius 3 is 2.48 bits per heavy atom. The summed E-state index contributed by atoms with van der Waals surface area (Å²) in [6.07, 6.45) is 0.833. The first-order valence-electron chi connectivity index (χ1n) is 11.4. The van der Waals surface area contributed by atoms with Crippen LogP contribution in [0.3, 0.4) is 0 Å². The highest BCUT2D eigenvalue weighted by molar-refractivity contribution is 5.94. The highest BCUT2D eigenvalue weighted by Gasteiger charge is 2.19. The number of hydrogen-bond donors (Lipinski definition) is 1. The van der Waals surface area contributed by atoms with E-state index in [1.807, 2.05) is 62.4 Å². The van der Waals surface area contributed by atoms with Gasteiger partial charge < -0.3 is 14.6 Å². The van der Waals surface area contributed by atoms with Crippen LogP contribution in [-0.2, 0) is 6.54 Å². The second-order valence-corrected chi connectivity index (χ2v) is 8.64. The van der Waals surface area contributed by atoms with E-state index in [0.29, 0.717) is 12.2 Å². The van der Waals surface area contributed by atoms with Crippen LogP contribution in [0.2, 0.25) is 0 Å². The number of fused-ring (bicyclic) bond motifs is 1. The van der Waals surface area contributed by atoms with Crippen LogP contribution < -0.4 is 10.1 Å². The summed E-state index contributed by atoms with van der Waals surface area (Å²) in [6.45, 7) is 9.52. The number of amides is 1. The molecule has 3 aromatic carbocycles. The van der Waals surface area contributed by atoms with Gasteiger partial charge in [0.25, 0.3) is 5.91 Å². The summed E-state index contributed by atoms with van der Waals surface area (Å²) in [5.74, 6) is 1.68. The Morgan fingerprint density at radius 2 is 1.73 bits per heavy atom. The van der Waals surface area contributed by atoms with Crippen LogP contribution in [0, 0.1) is 20.8 Å². The summed E-state index contributed by atoms with van der Waals surface area (Å²) in [5, 5.41) is 3.11. The summed E-state index contributed by atoms with van der Waals surface area (Å²) in [4.78, 5) is 17.6. The molecule has 0 saturated carbocycles. The van der Waals surface area contributed by atoms with Crippen molar-refractivity contribution in [2.45, 2.75) is 46.7 Å². The van der Waals surface area contributed by atoms with Crippen LogP contribution in [0.5, 0.6) is 5.75 Å². The number of carbonyl (C=O) groups is 1. The summed E-state index contributed by atoms with van der Waals surface area (Å²) in [7, 11) is 0. The third kappa shape index (κ3) is 5.25. The van der Waals surface area contributed by atoms with Crippen molar-refractivity contribution in [3.8, 4) is 5.75 Å². The fraction of sp³-hybridized carbons (Fsp3) is 0.286. The third-order valence-corrected chi connectivity index (χ3v) is 5.85. The monoisotopic (exact) mass is 441 g/mol. The minimum atomic E-state index is -0.230. The van der Waals surface area contributed by atoms with Crippen molar-refractivity contribution in [1.29, 1.82) is 0 Å². The van der Waals surface area contributed by atoms with Gasteiger partial charge in [0.15, 0.2) is 0 Å². The lowest BCUT2D eigenvalue weighted by molar-refractivity contribution is 0.0937. The number of aromatic nitrogens is 2. The number of aryl methyl sites for hydroxylation is 4. The molecule has 5 heteroatoms. The van der Waals surface area contributed by atoms with Crippen LogP contribution in [0.4, 0.5) is 0 Å². The van der Waals surface area contributed by atoms with Crippen LogP contribution in [0.1, 0.15) is 52.3 Å². The molecule has 0 spiro atoms. The predicted octanol–water partition coefficient (Wildman–Crippen LogP) is 5.92. The Balaban J connectivity index is 1.47. The first-order valence-corrected chi connectivity index (χ1v) is 11.4. The Hall–Kier alpha value is -3.60. The maximum Gasteiger partial charge on any atom is 0.251 e. The summed E-state index contributed by atoms with van der Waals surface area (Å²) < 4.78 is 8.23. The van der Waals surface area contributed by atoms with Gasteiger partial charge in [-0.15, -0.1) is 0 Å². The molecule has 1 heterocycles. The van der Waals surface area contributed by atoms with Gasteiger partial charge in [0.1, 0.15) is 11.6 Å². The van der Waals surface area contributed by atoms with E-state index in [1.165, 1.54) is 5.56 Å². The van der Waals surface area contributed by atoms with E-state index in [-0.39, 0.29) is 11.9 Å². The van der Waals surface area contributed by atoms with E-state index in [9.17, 15) is 4.79 Å². The van der Waals surface area contributed by atoms with Crippen molar-refractivity contribution in [2.24, 2.45) is 0 Å². The van der Waals surface area contributed by atoms with Crippen molar-refractivity contribution < 1.29 is 9.53 Å². The summed E-state index contributed by atoms with van der Waals surface area (Å²) in [6, 6.07) is 21.7. The quantitative estimate of drug-likeness (QED) is 0.345. The molecular formula is C28H31N3O2. The lowest BCUT2D eigenvalue weighted by Gasteiger charge is -2.17. The zero-order valence-corrected chi connectivity index (χ0v) is 19.8. The second kappa shape index (κ2) is 9.90. The van der Waals surface area contributed by atoms with E-state index < -0.39 is 0 Å². The van der Waals surface area contributed by atoms with Gasteiger partial charge in [0.2, 0.25) is 0 Å². The Bertz CT molecular complexity index is 1260. The molecule has 0 aliphatic heterocycles. The van der Waals surface area contributed by atoms with Crippen LogP contribution in [0.15, 0.2) is 66.7 Å². The predicted molar refractivity (Wildman–Crippen MR) is 133 cm³/mol. The lowest BCUT2D eigenvalue weighted by Crippen LogP contribution is -2.28. The van der Waals surface area contributed by atoms with Crippen molar-refractivity contribution in [3.63, 3.8) is 0 Å². The van der Waals surface area contributed by atoms with E-state index in [0.717, 1.165) is 46.7 Å². The molecule has 0 fully saturated rings. The topological polar surface area (TPSA) is 56.2 Å². The number of carbonyl (C=O) groups excluding carboxylic acids is 1. The van der Waals surface area contributed by atoms with Gasteiger partial charge in [0, 0.05) is 12.1 Å². The molecule has 0 saturated heterocycles. The first-order chi connectivity index (χ1) is 15.9. The molecule has 0 bridgehead atoms. The normalized spacial score (nSPS) is 12.0. The Morgan fingerprint density at radius 1 is 1.00 bits per heavy atom. The van der Waals surface area contributed by atoms with Gasteiger partial charge in [-0.2, -0.15) is 0 Å². The molecule has 0 radical (unpaired) electrons. The average molecular weight is 442 g/mol. The molecule has 33 heavy (non-hydrogen) atoms. The maximum atomic E-state index is 12.8. The SMILES string of the molecule is Cc1ccc(C(=O)NC(C)c2nc3ccccc3n2CCCOc2ccc(C)cc2C)cc1. The molecule has 4 aromatic rings. The number of nitrogens with one attached hydrogen (secondary N) is 1. The molecule has 1 N–H and O–H groups in total. The Kier molecular flexibility index (Phi) is 6.78. The lowest BCUT2D eigenvalue weighted by atomic mass is 10.1. The van der Waals surface area contributed by atoms with Crippen molar-refractivity contribution in [2.75, 3.05) is 6.61 Å². The second-order valence-electron chi connectivity index (χ2n) is 8.64. The zero-order valence-electron chi connectivity index (χ0n) is 19.8. The van der Waals surface area contributed by atoms with Gasteiger partial charge in [-0.1, -0.05) is 47.5 Å². The number of rotatable bonds is 8. The van der Waals surface area contributed by atoms with Crippen molar-refractivity contribution >= 4 is 16.9 Å². The van der Waals surface area contributed by atoms with Crippen molar-refractivity contribution in [1.82, 2.24) is 14.9 Å². The molecule has 0 aliphatic carbocycles. The maximum absolute atomic E-state index is 12.8. The van der Waals surface area contributed by atoms with Crippen molar-refractivity contribution in [3.05, 3.63) is 94.8 Å². The minimum Gasteiger partial charge on any atom is -0.493 e. The fourth-order valence-electron chi connectivity index (χ4n) is 4.08. The molecule has 4 rings (SSSR count). The van der Waals surface area contributed by atoms with Crippen LogP contribution in [0.25, 0.3) is 11.0 Å². The number of nitrogens with zero attached hydrogens (tertiary/aromatic N) is 2. The summed E-state index contributed by atoms with van der Waals surface area (Å²) in [5.41, 5.74) is 6.16. The Labute approximate surface area is 195 Å². The fourth-order valence-corrected chi connectivity index (χ4v) is 4.08. The molecule has 5 nitrogen and oxygen atoms in total. The highest BCUT2D eigenvalue weighted by atomic mass is 16.5. The zero-order chi connectivity index (χ0) is 23.4.